The second-order valence-electron chi connectivity index (χ2n) is 6.15. The first-order valence-electron chi connectivity index (χ1n) is 7.93. The number of nitrogens with one attached hydrogen (secondary N) is 2. The van der Waals surface area contributed by atoms with Crippen molar-refractivity contribution in [3.8, 4) is 0 Å². The lowest BCUT2D eigenvalue weighted by Crippen LogP contribution is -2.37. The highest BCUT2D eigenvalue weighted by Crippen LogP contribution is 2.27. The van der Waals surface area contributed by atoms with Gasteiger partial charge in [-0.1, -0.05) is 18.2 Å². The largest absolute Gasteiger partial charge is 0.352 e. The van der Waals surface area contributed by atoms with Crippen molar-refractivity contribution in [1.29, 1.82) is 0 Å². The molecule has 0 saturated carbocycles. The fraction of sp³-hybridized carbons (Fsp3) is 0.500. The predicted molar refractivity (Wildman–Crippen MR) is 94.8 cm³/mol. The number of thioether (sulfide) groups is 1. The maximum atomic E-state index is 12.3. The molecule has 0 radical (unpaired) electrons. The number of rotatable bonds is 4. The average molecular weight is 368 g/mol. The molecule has 3 rings (SSSR count). The number of anilines is 1. The van der Waals surface area contributed by atoms with E-state index in [4.69, 9.17) is 0 Å². The van der Waals surface area contributed by atoms with Crippen LogP contribution in [0.2, 0.25) is 0 Å². The first kappa shape index (κ1) is 17.3. The third-order valence-electron chi connectivity index (χ3n) is 4.26. The molecule has 2 amide bonds. The van der Waals surface area contributed by atoms with Gasteiger partial charge in [0.1, 0.15) is 0 Å². The van der Waals surface area contributed by atoms with Crippen LogP contribution in [0.3, 0.4) is 0 Å². The van der Waals surface area contributed by atoms with Crippen molar-refractivity contribution < 1.29 is 18.0 Å². The van der Waals surface area contributed by atoms with Crippen molar-refractivity contribution in [3.05, 3.63) is 29.8 Å². The smallest absolute Gasteiger partial charge is 0.237 e. The van der Waals surface area contributed by atoms with Gasteiger partial charge in [0.2, 0.25) is 11.8 Å². The van der Waals surface area contributed by atoms with Gasteiger partial charge in [0.15, 0.2) is 9.84 Å². The zero-order valence-corrected chi connectivity index (χ0v) is 14.8. The van der Waals surface area contributed by atoms with Crippen molar-refractivity contribution in [2.24, 2.45) is 0 Å². The molecule has 8 heteroatoms. The van der Waals surface area contributed by atoms with Gasteiger partial charge in [-0.3, -0.25) is 9.59 Å². The Morgan fingerprint density at radius 3 is 2.83 bits per heavy atom. The number of hydrogen-bond donors (Lipinski definition) is 2. The summed E-state index contributed by atoms with van der Waals surface area (Å²) >= 11 is 1.31. The summed E-state index contributed by atoms with van der Waals surface area (Å²) in [6, 6.07) is 7.41. The van der Waals surface area contributed by atoms with E-state index in [0.29, 0.717) is 12.8 Å². The lowest BCUT2D eigenvalue weighted by atomic mass is 10.1. The second kappa shape index (κ2) is 7.14. The van der Waals surface area contributed by atoms with E-state index in [1.54, 1.807) is 0 Å². The Morgan fingerprint density at radius 1 is 1.29 bits per heavy atom. The first-order valence-corrected chi connectivity index (χ1v) is 10.8. The van der Waals surface area contributed by atoms with E-state index in [1.807, 2.05) is 24.3 Å². The van der Waals surface area contributed by atoms with E-state index < -0.39 is 9.84 Å². The number of fused-ring (bicyclic) bond motifs is 1. The molecule has 2 N–H and O–H groups in total. The number of aryl methyl sites for hydroxylation is 1. The van der Waals surface area contributed by atoms with Gasteiger partial charge in [-0.05, 0) is 30.9 Å². The Balaban J connectivity index is 1.50. The summed E-state index contributed by atoms with van der Waals surface area (Å²) in [4.78, 5) is 24.3. The van der Waals surface area contributed by atoms with Crippen LogP contribution in [0.4, 0.5) is 5.69 Å². The summed E-state index contributed by atoms with van der Waals surface area (Å²) < 4.78 is 22.8. The van der Waals surface area contributed by atoms with E-state index in [0.717, 1.165) is 17.7 Å². The third-order valence-corrected chi connectivity index (χ3v) is 7.31. The number of carbonyl (C=O) groups is 2. The van der Waals surface area contributed by atoms with Gasteiger partial charge in [-0.2, -0.15) is 0 Å². The van der Waals surface area contributed by atoms with Crippen LogP contribution in [0, 0.1) is 0 Å². The molecule has 1 aromatic rings. The van der Waals surface area contributed by atoms with E-state index in [-0.39, 0.29) is 40.4 Å². The van der Waals surface area contributed by atoms with Crippen LogP contribution in [-0.4, -0.2) is 48.8 Å². The lowest BCUT2D eigenvalue weighted by Gasteiger charge is -2.14. The molecule has 0 aliphatic carbocycles. The van der Waals surface area contributed by atoms with E-state index >= 15 is 0 Å². The summed E-state index contributed by atoms with van der Waals surface area (Å²) in [6.07, 6.45) is 1.94. The number of hydrogen-bond acceptors (Lipinski definition) is 5. The standard InChI is InChI=1S/C16H20N2O4S2/c19-15(17-12-7-8-24(21,22)10-12)9-23-14-6-5-11-3-1-2-4-13(11)18-16(14)20/h1-4,12,14H,5-10H2,(H,17,19)(H,18,20)/t12-,14-/m1/s1. The number of para-hydroxylation sites is 1. The summed E-state index contributed by atoms with van der Waals surface area (Å²) in [5.74, 6) is 0.0139. The maximum Gasteiger partial charge on any atom is 0.237 e. The van der Waals surface area contributed by atoms with Crippen LogP contribution in [-0.2, 0) is 25.8 Å². The zero-order chi connectivity index (χ0) is 17.2. The lowest BCUT2D eigenvalue weighted by molar-refractivity contribution is -0.119. The van der Waals surface area contributed by atoms with Crippen LogP contribution in [0.15, 0.2) is 24.3 Å². The van der Waals surface area contributed by atoms with Crippen LogP contribution in [0.5, 0.6) is 0 Å². The normalized spacial score (nSPS) is 25.4. The van der Waals surface area contributed by atoms with Crippen molar-refractivity contribution in [1.82, 2.24) is 5.32 Å². The molecular formula is C16H20N2O4S2. The molecule has 24 heavy (non-hydrogen) atoms. The fourth-order valence-electron chi connectivity index (χ4n) is 3.00. The molecule has 1 aromatic carbocycles. The molecule has 0 unspecified atom stereocenters. The summed E-state index contributed by atoms with van der Waals surface area (Å²) in [5, 5.41) is 5.38. The molecule has 1 saturated heterocycles. The van der Waals surface area contributed by atoms with Crippen LogP contribution >= 0.6 is 11.8 Å². The van der Waals surface area contributed by atoms with Crippen molar-refractivity contribution in [3.63, 3.8) is 0 Å². The van der Waals surface area contributed by atoms with Gasteiger partial charge in [0.05, 0.1) is 22.5 Å². The minimum atomic E-state index is -3.01. The highest BCUT2D eigenvalue weighted by molar-refractivity contribution is 8.01. The van der Waals surface area contributed by atoms with E-state index in [9.17, 15) is 18.0 Å². The fourth-order valence-corrected chi connectivity index (χ4v) is 5.61. The van der Waals surface area contributed by atoms with Gasteiger partial charge in [-0.25, -0.2) is 8.42 Å². The molecule has 2 heterocycles. The van der Waals surface area contributed by atoms with Crippen LogP contribution in [0.1, 0.15) is 18.4 Å². The highest BCUT2D eigenvalue weighted by atomic mass is 32.2. The van der Waals surface area contributed by atoms with E-state index in [2.05, 4.69) is 10.6 Å². The quantitative estimate of drug-likeness (QED) is 0.826. The average Bonchev–Trinajstić information content (AvgIpc) is 2.77. The summed E-state index contributed by atoms with van der Waals surface area (Å²) in [7, 11) is -3.01. The number of benzene rings is 1. The zero-order valence-electron chi connectivity index (χ0n) is 13.2. The number of sulfone groups is 1. The monoisotopic (exact) mass is 368 g/mol. The molecule has 1 fully saturated rings. The molecular weight excluding hydrogens is 348 g/mol. The Bertz CT molecular complexity index is 748. The Kier molecular flexibility index (Phi) is 5.15. The summed E-state index contributed by atoms with van der Waals surface area (Å²) in [5.41, 5.74) is 1.95. The topological polar surface area (TPSA) is 92.3 Å². The Hall–Kier alpha value is -1.54. The number of amides is 2. The van der Waals surface area contributed by atoms with E-state index in [1.165, 1.54) is 11.8 Å². The Labute approximate surface area is 145 Å². The molecule has 2 aliphatic heterocycles. The molecule has 0 aromatic heterocycles. The summed E-state index contributed by atoms with van der Waals surface area (Å²) in [6.45, 7) is 0. The Morgan fingerprint density at radius 2 is 2.08 bits per heavy atom. The molecule has 6 nitrogen and oxygen atoms in total. The second-order valence-corrected chi connectivity index (χ2v) is 9.57. The third kappa shape index (κ3) is 4.30. The SMILES string of the molecule is O=C(CS[C@@H]1CCc2ccccc2NC1=O)N[C@@H]1CCS(=O)(=O)C1. The number of carbonyl (C=O) groups excluding carboxylic acids is 2. The first-order chi connectivity index (χ1) is 11.4. The van der Waals surface area contributed by atoms with Gasteiger partial charge in [0, 0.05) is 11.7 Å². The van der Waals surface area contributed by atoms with Crippen molar-refractivity contribution >= 4 is 39.1 Å². The van der Waals surface area contributed by atoms with Gasteiger partial charge >= 0.3 is 0 Å². The molecule has 2 atom stereocenters. The molecule has 130 valence electrons. The molecule has 2 aliphatic rings. The highest BCUT2D eigenvalue weighted by Gasteiger charge is 2.29. The predicted octanol–water partition coefficient (Wildman–Crippen LogP) is 0.976. The van der Waals surface area contributed by atoms with Gasteiger partial charge in [-0.15, -0.1) is 11.8 Å². The van der Waals surface area contributed by atoms with Crippen LogP contribution in [0.25, 0.3) is 0 Å². The molecule has 0 spiro atoms. The van der Waals surface area contributed by atoms with Crippen LogP contribution < -0.4 is 10.6 Å². The molecule has 0 bridgehead atoms. The van der Waals surface area contributed by atoms with Crippen molar-refractivity contribution in [2.75, 3.05) is 22.6 Å². The van der Waals surface area contributed by atoms with Crippen molar-refractivity contribution in [2.45, 2.75) is 30.6 Å². The van der Waals surface area contributed by atoms with Gasteiger partial charge in [0.25, 0.3) is 0 Å². The van der Waals surface area contributed by atoms with Gasteiger partial charge < -0.3 is 10.6 Å². The maximum absolute atomic E-state index is 12.3. The minimum absolute atomic E-state index is 0.0165. The minimum Gasteiger partial charge on any atom is -0.352 e.